The second-order valence-electron chi connectivity index (χ2n) is 3.60. The first-order chi connectivity index (χ1) is 6.75. The molecule has 1 aromatic carbocycles. The van der Waals surface area contributed by atoms with Gasteiger partial charge in [0.25, 0.3) is 0 Å². The molecule has 1 aliphatic rings. The van der Waals surface area contributed by atoms with Gasteiger partial charge in [-0.15, -0.1) is 0 Å². The quantitative estimate of drug-likeness (QED) is 0.779. The lowest BCUT2D eigenvalue weighted by Gasteiger charge is -2.09. The summed E-state index contributed by atoms with van der Waals surface area (Å²) in [5.41, 5.74) is 0.887. The molecular formula is C11H13ClO2. The Labute approximate surface area is 88.5 Å². The molecule has 1 aromatic rings. The van der Waals surface area contributed by atoms with Crippen LogP contribution < -0.4 is 0 Å². The van der Waals surface area contributed by atoms with E-state index in [1.807, 2.05) is 18.2 Å². The SMILES string of the molecule is OC(CCC1CO1)c1cccc(Cl)c1. The number of ether oxygens (including phenoxy) is 1. The number of aliphatic hydroxyl groups excluding tert-OH is 1. The van der Waals surface area contributed by atoms with E-state index in [0.29, 0.717) is 11.1 Å². The topological polar surface area (TPSA) is 32.8 Å². The highest BCUT2D eigenvalue weighted by Gasteiger charge is 2.23. The molecule has 3 heteroatoms. The van der Waals surface area contributed by atoms with E-state index in [9.17, 15) is 5.11 Å². The van der Waals surface area contributed by atoms with E-state index in [-0.39, 0.29) is 0 Å². The van der Waals surface area contributed by atoms with Crippen molar-refractivity contribution in [3.05, 3.63) is 34.9 Å². The van der Waals surface area contributed by atoms with Crippen molar-refractivity contribution >= 4 is 11.6 Å². The van der Waals surface area contributed by atoms with Gasteiger partial charge in [0.05, 0.1) is 18.8 Å². The second kappa shape index (κ2) is 4.30. The summed E-state index contributed by atoms with van der Waals surface area (Å²) < 4.78 is 5.08. The molecule has 0 aromatic heterocycles. The van der Waals surface area contributed by atoms with Crippen LogP contribution in [-0.2, 0) is 4.74 Å². The van der Waals surface area contributed by atoms with Gasteiger partial charge in [-0.1, -0.05) is 23.7 Å². The van der Waals surface area contributed by atoms with Gasteiger partial charge in [-0.25, -0.2) is 0 Å². The van der Waals surface area contributed by atoms with Crippen LogP contribution in [0.2, 0.25) is 5.02 Å². The minimum Gasteiger partial charge on any atom is -0.388 e. The fourth-order valence-corrected chi connectivity index (χ4v) is 1.66. The lowest BCUT2D eigenvalue weighted by atomic mass is 10.0. The van der Waals surface area contributed by atoms with Crippen LogP contribution in [0.25, 0.3) is 0 Å². The number of benzene rings is 1. The molecule has 76 valence electrons. The van der Waals surface area contributed by atoms with Crippen LogP contribution in [0.4, 0.5) is 0 Å². The van der Waals surface area contributed by atoms with Crippen LogP contribution in [0.15, 0.2) is 24.3 Å². The molecule has 2 unspecified atom stereocenters. The minimum absolute atomic E-state index is 0.379. The van der Waals surface area contributed by atoms with Crippen molar-refractivity contribution in [3.8, 4) is 0 Å². The standard InChI is InChI=1S/C11H13ClO2/c12-9-3-1-2-8(6-9)11(13)5-4-10-7-14-10/h1-3,6,10-11,13H,4-5,7H2. The summed E-state index contributed by atoms with van der Waals surface area (Å²) >= 11 is 5.83. The molecule has 0 amide bonds. The van der Waals surface area contributed by atoms with E-state index in [1.165, 1.54) is 0 Å². The van der Waals surface area contributed by atoms with Gasteiger partial charge in [-0.2, -0.15) is 0 Å². The van der Waals surface area contributed by atoms with E-state index in [1.54, 1.807) is 6.07 Å². The predicted molar refractivity (Wildman–Crippen MR) is 55.4 cm³/mol. The van der Waals surface area contributed by atoms with E-state index in [4.69, 9.17) is 16.3 Å². The van der Waals surface area contributed by atoms with Crippen LogP contribution in [0.1, 0.15) is 24.5 Å². The maximum absolute atomic E-state index is 9.81. The van der Waals surface area contributed by atoms with Crippen molar-refractivity contribution in [2.75, 3.05) is 6.61 Å². The van der Waals surface area contributed by atoms with Crippen molar-refractivity contribution in [2.45, 2.75) is 25.0 Å². The maximum atomic E-state index is 9.81. The fourth-order valence-electron chi connectivity index (χ4n) is 1.46. The van der Waals surface area contributed by atoms with E-state index in [0.717, 1.165) is 25.0 Å². The molecule has 0 spiro atoms. The molecule has 14 heavy (non-hydrogen) atoms. The first-order valence-corrected chi connectivity index (χ1v) is 5.18. The Morgan fingerprint density at radius 3 is 3.00 bits per heavy atom. The Morgan fingerprint density at radius 1 is 1.57 bits per heavy atom. The Balaban J connectivity index is 1.91. The third-order valence-corrected chi connectivity index (χ3v) is 2.63. The van der Waals surface area contributed by atoms with E-state index >= 15 is 0 Å². The van der Waals surface area contributed by atoms with E-state index in [2.05, 4.69) is 0 Å². The monoisotopic (exact) mass is 212 g/mol. The van der Waals surface area contributed by atoms with Gasteiger partial charge in [0.2, 0.25) is 0 Å². The molecule has 1 N–H and O–H groups in total. The molecular weight excluding hydrogens is 200 g/mol. The zero-order valence-electron chi connectivity index (χ0n) is 7.82. The summed E-state index contributed by atoms with van der Waals surface area (Å²) in [6, 6.07) is 7.36. The molecule has 1 fully saturated rings. The zero-order chi connectivity index (χ0) is 9.97. The largest absolute Gasteiger partial charge is 0.388 e. The highest BCUT2D eigenvalue weighted by Crippen LogP contribution is 2.25. The number of hydrogen-bond acceptors (Lipinski definition) is 2. The summed E-state index contributed by atoms with van der Waals surface area (Å²) in [5, 5.41) is 10.5. The summed E-state index contributed by atoms with van der Waals surface area (Å²) in [6.07, 6.45) is 1.63. The third-order valence-electron chi connectivity index (χ3n) is 2.40. The Hall–Kier alpha value is -0.570. The van der Waals surface area contributed by atoms with Crippen molar-refractivity contribution in [1.82, 2.24) is 0 Å². The molecule has 0 radical (unpaired) electrons. The van der Waals surface area contributed by atoms with Gasteiger partial charge in [0, 0.05) is 5.02 Å². The molecule has 1 aliphatic heterocycles. The maximum Gasteiger partial charge on any atom is 0.0811 e. The molecule has 0 bridgehead atoms. The number of aliphatic hydroxyl groups is 1. The Bertz CT molecular complexity index is 310. The summed E-state index contributed by atoms with van der Waals surface area (Å²) in [5.74, 6) is 0. The van der Waals surface area contributed by atoms with Crippen molar-refractivity contribution in [1.29, 1.82) is 0 Å². The van der Waals surface area contributed by atoms with Crippen LogP contribution >= 0.6 is 11.6 Å². The number of rotatable bonds is 4. The van der Waals surface area contributed by atoms with Crippen LogP contribution in [-0.4, -0.2) is 17.8 Å². The van der Waals surface area contributed by atoms with Crippen molar-refractivity contribution < 1.29 is 9.84 Å². The molecule has 1 heterocycles. The second-order valence-corrected chi connectivity index (χ2v) is 4.04. The smallest absolute Gasteiger partial charge is 0.0811 e. The number of halogens is 1. The van der Waals surface area contributed by atoms with Gasteiger partial charge in [0.1, 0.15) is 0 Å². The summed E-state index contributed by atoms with van der Waals surface area (Å²) in [6.45, 7) is 0.849. The molecule has 2 rings (SSSR count). The average Bonchev–Trinajstić information content (AvgIpc) is 2.97. The van der Waals surface area contributed by atoms with Crippen LogP contribution in [0.3, 0.4) is 0 Å². The van der Waals surface area contributed by atoms with Crippen LogP contribution in [0.5, 0.6) is 0 Å². The first kappa shape index (κ1) is 9.97. The van der Waals surface area contributed by atoms with Crippen molar-refractivity contribution in [2.24, 2.45) is 0 Å². The Kier molecular flexibility index (Phi) is 3.06. The Morgan fingerprint density at radius 2 is 2.36 bits per heavy atom. The minimum atomic E-state index is -0.419. The molecule has 1 saturated heterocycles. The zero-order valence-corrected chi connectivity index (χ0v) is 8.57. The fraction of sp³-hybridized carbons (Fsp3) is 0.455. The molecule has 2 nitrogen and oxygen atoms in total. The van der Waals surface area contributed by atoms with E-state index < -0.39 is 6.10 Å². The van der Waals surface area contributed by atoms with Gasteiger partial charge >= 0.3 is 0 Å². The summed E-state index contributed by atoms with van der Waals surface area (Å²) in [7, 11) is 0. The lowest BCUT2D eigenvalue weighted by molar-refractivity contribution is 0.160. The molecule has 0 saturated carbocycles. The van der Waals surface area contributed by atoms with Gasteiger partial charge in [0.15, 0.2) is 0 Å². The van der Waals surface area contributed by atoms with Crippen LogP contribution in [0, 0.1) is 0 Å². The lowest BCUT2D eigenvalue weighted by Crippen LogP contribution is -1.99. The predicted octanol–water partition coefficient (Wildman–Crippen LogP) is 2.55. The van der Waals surface area contributed by atoms with Gasteiger partial charge in [-0.3, -0.25) is 0 Å². The number of hydrogen-bond donors (Lipinski definition) is 1. The highest BCUT2D eigenvalue weighted by atomic mass is 35.5. The van der Waals surface area contributed by atoms with Crippen molar-refractivity contribution in [3.63, 3.8) is 0 Å². The normalized spacial score (nSPS) is 22.0. The number of epoxide rings is 1. The van der Waals surface area contributed by atoms with Gasteiger partial charge in [-0.05, 0) is 30.5 Å². The third kappa shape index (κ3) is 2.71. The van der Waals surface area contributed by atoms with Gasteiger partial charge < -0.3 is 9.84 Å². The first-order valence-electron chi connectivity index (χ1n) is 4.81. The summed E-state index contributed by atoms with van der Waals surface area (Å²) in [4.78, 5) is 0. The highest BCUT2D eigenvalue weighted by molar-refractivity contribution is 6.30. The molecule has 2 atom stereocenters. The average molecular weight is 213 g/mol. The molecule has 0 aliphatic carbocycles.